The van der Waals surface area contributed by atoms with Gasteiger partial charge in [0, 0.05) is 25.3 Å². The van der Waals surface area contributed by atoms with Gasteiger partial charge in [0.15, 0.2) is 15.7 Å². The summed E-state index contributed by atoms with van der Waals surface area (Å²) in [5.74, 6) is 1.45. The van der Waals surface area contributed by atoms with Crippen LogP contribution in [0.3, 0.4) is 0 Å². The number of aliphatic hydroxyl groups is 1. The van der Waals surface area contributed by atoms with Crippen LogP contribution in [0.4, 0.5) is 17.5 Å². The molecule has 1 aliphatic heterocycles. The van der Waals surface area contributed by atoms with E-state index in [1.54, 1.807) is 12.1 Å². The molecular formula is C25H31N5O4S. The number of H-pyrrole nitrogens is 1. The molecule has 0 spiro atoms. The van der Waals surface area contributed by atoms with Crippen LogP contribution in [-0.4, -0.2) is 59.3 Å². The van der Waals surface area contributed by atoms with E-state index in [0.717, 1.165) is 36.9 Å². The Kier molecular flexibility index (Phi) is 7.03. The van der Waals surface area contributed by atoms with Crippen LogP contribution in [0.2, 0.25) is 0 Å². The Morgan fingerprint density at radius 2 is 1.63 bits per heavy atom. The summed E-state index contributed by atoms with van der Waals surface area (Å²) >= 11 is 0. The zero-order valence-electron chi connectivity index (χ0n) is 19.5. The van der Waals surface area contributed by atoms with Gasteiger partial charge >= 0.3 is 0 Å². The van der Waals surface area contributed by atoms with Gasteiger partial charge in [0.05, 0.1) is 21.9 Å². The molecule has 4 N–H and O–H groups in total. The van der Waals surface area contributed by atoms with Gasteiger partial charge in [-0.2, -0.15) is 5.10 Å². The Bertz CT molecular complexity index is 1230. The van der Waals surface area contributed by atoms with Gasteiger partial charge in [-0.3, -0.25) is 5.10 Å². The maximum Gasteiger partial charge on any atom is 0.181 e. The third-order valence-electron chi connectivity index (χ3n) is 6.70. The zero-order valence-corrected chi connectivity index (χ0v) is 20.3. The highest BCUT2D eigenvalue weighted by molar-refractivity contribution is 7.92. The largest absolute Gasteiger partial charge is 0.393 e. The number of aromatic nitrogens is 3. The Hall–Kier alpha value is -2.95. The van der Waals surface area contributed by atoms with Crippen LogP contribution < -0.4 is 10.6 Å². The molecule has 1 saturated heterocycles. The average molecular weight is 498 g/mol. The van der Waals surface area contributed by atoms with Crippen LogP contribution >= 0.6 is 0 Å². The molecule has 1 aliphatic carbocycles. The van der Waals surface area contributed by atoms with Crippen LogP contribution in [0.25, 0.3) is 11.3 Å². The lowest BCUT2D eigenvalue weighted by atomic mass is 9.93. The van der Waals surface area contributed by atoms with Crippen LogP contribution in [0, 0.1) is 0 Å². The summed E-state index contributed by atoms with van der Waals surface area (Å²) in [4.78, 5) is 4.89. The molecule has 10 heteroatoms. The van der Waals surface area contributed by atoms with Gasteiger partial charge in [-0.05, 0) is 56.2 Å². The minimum absolute atomic E-state index is 0.134. The second kappa shape index (κ2) is 10.3. The van der Waals surface area contributed by atoms with Crippen LogP contribution in [-0.2, 0) is 14.6 Å². The van der Waals surface area contributed by atoms with Crippen molar-refractivity contribution in [2.24, 2.45) is 0 Å². The van der Waals surface area contributed by atoms with E-state index in [4.69, 9.17) is 4.74 Å². The first-order valence-electron chi connectivity index (χ1n) is 12.1. The van der Waals surface area contributed by atoms with Gasteiger partial charge in [-0.25, -0.2) is 13.4 Å². The summed E-state index contributed by atoms with van der Waals surface area (Å²) in [7, 11) is -3.55. The van der Waals surface area contributed by atoms with Crippen molar-refractivity contribution in [1.82, 2.24) is 15.2 Å². The third kappa shape index (κ3) is 5.66. The number of hydrogen-bond acceptors (Lipinski definition) is 8. The standard InChI is InChI=1S/C25H31N5O4S/c31-19-8-6-18(7-9-19)26-23-14-21(35(32,33)20-10-12-34-13-11-20)15-24(27-23)28-25-16-22(29-30-25)17-4-2-1-3-5-17/h1-5,14-16,18-20,31H,6-13H2,(H3,26,27,28,29,30)/t18-,19-. The molecule has 0 unspecified atom stereocenters. The van der Waals surface area contributed by atoms with E-state index in [2.05, 4.69) is 25.8 Å². The fourth-order valence-corrected chi connectivity index (χ4v) is 6.45. The molecule has 0 amide bonds. The van der Waals surface area contributed by atoms with Crippen LogP contribution in [0.1, 0.15) is 38.5 Å². The molecule has 3 aromatic rings. The highest BCUT2D eigenvalue weighted by Gasteiger charge is 2.30. The monoisotopic (exact) mass is 497 g/mol. The highest BCUT2D eigenvalue weighted by atomic mass is 32.2. The normalized spacial score (nSPS) is 21.5. The molecule has 0 radical (unpaired) electrons. The van der Waals surface area contributed by atoms with Gasteiger partial charge in [-0.15, -0.1) is 0 Å². The first-order valence-corrected chi connectivity index (χ1v) is 13.7. The lowest BCUT2D eigenvalue weighted by molar-refractivity contribution is 0.0983. The number of nitrogens with one attached hydrogen (secondary N) is 3. The minimum Gasteiger partial charge on any atom is -0.393 e. The van der Waals surface area contributed by atoms with Gasteiger partial charge in [0.25, 0.3) is 0 Å². The topological polar surface area (TPSA) is 129 Å². The van der Waals surface area contributed by atoms with Crippen LogP contribution in [0.15, 0.2) is 53.4 Å². The third-order valence-corrected chi connectivity index (χ3v) is 8.94. The summed E-state index contributed by atoms with van der Waals surface area (Å²) in [5, 5.41) is 23.3. The summed E-state index contributed by atoms with van der Waals surface area (Å²) in [5.41, 5.74) is 1.84. The number of ether oxygens (including phenoxy) is 1. The van der Waals surface area contributed by atoms with Crippen molar-refractivity contribution in [3.8, 4) is 11.3 Å². The van der Waals surface area contributed by atoms with Gasteiger partial charge < -0.3 is 20.5 Å². The first-order chi connectivity index (χ1) is 17.0. The molecule has 1 aromatic carbocycles. The molecule has 3 heterocycles. The van der Waals surface area contributed by atoms with E-state index in [0.29, 0.717) is 43.5 Å². The maximum absolute atomic E-state index is 13.5. The Morgan fingerprint density at radius 3 is 2.37 bits per heavy atom. The fraction of sp³-hybridized carbons (Fsp3) is 0.440. The molecule has 0 bridgehead atoms. The molecule has 186 valence electrons. The van der Waals surface area contributed by atoms with Gasteiger partial charge in [-0.1, -0.05) is 30.3 Å². The van der Waals surface area contributed by atoms with Crippen molar-refractivity contribution < 1.29 is 18.3 Å². The first kappa shape index (κ1) is 23.8. The molecule has 5 rings (SSSR count). The van der Waals surface area contributed by atoms with E-state index in [1.807, 2.05) is 36.4 Å². The van der Waals surface area contributed by atoms with E-state index >= 15 is 0 Å². The van der Waals surface area contributed by atoms with Crippen molar-refractivity contribution in [2.75, 3.05) is 23.8 Å². The van der Waals surface area contributed by atoms with Crippen molar-refractivity contribution in [2.45, 2.75) is 60.8 Å². The van der Waals surface area contributed by atoms with Crippen molar-refractivity contribution in [3.05, 3.63) is 48.5 Å². The maximum atomic E-state index is 13.5. The summed E-state index contributed by atoms with van der Waals surface area (Å²) in [6.45, 7) is 0.899. The van der Waals surface area contributed by atoms with Crippen LogP contribution in [0.5, 0.6) is 0 Å². The minimum atomic E-state index is -3.55. The number of rotatable bonds is 7. The molecule has 2 aliphatic rings. The average Bonchev–Trinajstić information content (AvgIpc) is 3.35. The second-order valence-electron chi connectivity index (χ2n) is 9.24. The molecule has 2 fully saturated rings. The number of sulfone groups is 1. The smallest absolute Gasteiger partial charge is 0.181 e. The number of benzene rings is 1. The quantitative estimate of drug-likeness (QED) is 0.387. The second-order valence-corrected chi connectivity index (χ2v) is 11.5. The highest BCUT2D eigenvalue weighted by Crippen LogP contribution is 2.30. The van der Waals surface area contributed by atoms with Gasteiger partial charge in [0.1, 0.15) is 11.6 Å². The molecule has 9 nitrogen and oxygen atoms in total. The summed E-state index contributed by atoms with van der Waals surface area (Å²) in [6.07, 6.45) is 3.76. The predicted molar refractivity (Wildman–Crippen MR) is 134 cm³/mol. The molecule has 0 atom stereocenters. The molecular weight excluding hydrogens is 466 g/mol. The molecule has 2 aromatic heterocycles. The van der Waals surface area contributed by atoms with Crippen molar-refractivity contribution in [1.29, 1.82) is 0 Å². The van der Waals surface area contributed by atoms with Gasteiger partial charge in [0.2, 0.25) is 0 Å². The number of aromatic amines is 1. The summed E-state index contributed by atoms with van der Waals surface area (Å²) < 4.78 is 32.3. The van der Waals surface area contributed by atoms with E-state index in [1.165, 1.54) is 0 Å². The number of aliphatic hydroxyl groups excluding tert-OH is 1. The zero-order chi connectivity index (χ0) is 24.3. The number of nitrogens with zero attached hydrogens (tertiary/aromatic N) is 2. The van der Waals surface area contributed by atoms with Crippen molar-refractivity contribution in [3.63, 3.8) is 0 Å². The Morgan fingerprint density at radius 1 is 0.914 bits per heavy atom. The molecule has 1 saturated carbocycles. The molecule has 35 heavy (non-hydrogen) atoms. The van der Waals surface area contributed by atoms with Crippen molar-refractivity contribution >= 4 is 27.3 Å². The Labute approximate surface area is 205 Å². The van der Waals surface area contributed by atoms with E-state index in [-0.39, 0.29) is 17.0 Å². The number of pyridine rings is 1. The SMILES string of the molecule is O=S(=O)(c1cc(Nc2cc(-c3ccccc3)[nH]n2)nc(N[C@H]2CC[C@H](O)CC2)c1)C1CCOCC1. The Balaban J connectivity index is 1.43. The predicted octanol–water partition coefficient (Wildman–Crippen LogP) is 3.88. The lowest BCUT2D eigenvalue weighted by Crippen LogP contribution is -2.30. The van der Waals surface area contributed by atoms with E-state index in [9.17, 15) is 13.5 Å². The lowest BCUT2D eigenvalue weighted by Gasteiger charge is -2.27. The fourth-order valence-electron chi connectivity index (χ4n) is 4.70. The van der Waals surface area contributed by atoms with E-state index < -0.39 is 15.1 Å². The number of hydrogen-bond donors (Lipinski definition) is 4. The number of anilines is 3. The summed E-state index contributed by atoms with van der Waals surface area (Å²) in [6, 6.07) is 15.0.